The molecule has 3 atom stereocenters. The fourth-order valence-electron chi connectivity index (χ4n) is 3.78. The van der Waals surface area contributed by atoms with Crippen molar-refractivity contribution in [3.63, 3.8) is 0 Å². The summed E-state index contributed by atoms with van der Waals surface area (Å²) in [6.07, 6.45) is 7.59. The summed E-state index contributed by atoms with van der Waals surface area (Å²) in [7, 11) is 0. The van der Waals surface area contributed by atoms with Gasteiger partial charge in [0.1, 0.15) is 0 Å². The zero-order valence-corrected chi connectivity index (χ0v) is 12.5. The highest BCUT2D eigenvalue weighted by Gasteiger charge is 2.35. The van der Waals surface area contributed by atoms with Gasteiger partial charge in [0.2, 0.25) is 0 Å². The van der Waals surface area contributed by atoms with Crippen LogP contribution < -0.4 is 5.32 Å². The second kappa shape index (κ2) is 4.69. The quantitative estimate of drug-likeness (QED) is 0.835. The van der Waals surface area contributed by atoms with Crippen LogP contribution in [-0.2, 0) is 0 Å². The Hall–Kier alpha value is -1.25. The summed E-state index contributed by atoms with van der Waals surface area (Å²) in [5.41, 5.74) is 3.65. The summed E-state index contributed by atoms with van der Waals surface area (Å²) in [6, 6.07) is 0.430. The molecule has 1 N–H and O–H groups in total. The van der Waals surface area contributed by atoms with E-state index in [1.807, 2.05) is 0 Å². The molecule has 0 amide bonds. The van der Waals surface area contributed by atoms with Gasteiger partial charge >= 0.3 is 0 Å². The maximum atomic E-state index is 4.64. The van der Waals surface area contributed by atoms with Gasteiger partial charge < -0.3 is 5.32 Å². The SMILES string of the molecule is Cc1nn(C(C)C)c(C)c1NC[C@@H]1C[C@H]2C=C[C@H]1C2. The molecule has 2 bridgehead atoms. The molecule has 3 rings (SSSR count). The first kappa shape index (κ1) is 12.8. The van der Waals surface area contributed by atoms with Gasteiger partial charge in [0.05, 0.1) is 17.1 Å². The Kier molecular flexibility index (Phi) is 3.15. The molecule has 1 heterocycles. The van der Waals surface area contributed by atoms with Gasteiger partial charge in [0.15, 0.2) is 0 Å². The molecule has 104 valence electrons. The molecule has 2 aliphatic carbocycles. The lowest BCUT2D eigenvalue weighted by molar-refractivity contribution is 0.471. The van der Waals surface area contributed by atoms with Crippen molar-refractivity contribution >= 4 is 5.69 Å². The molecule has 0 aliphatic heterocycles. The summed E-state index contributed by atoms with van der Waals surface area (Å²) < 4.78 is 2.12. The fraction of sp³-hybridized carbons (Fsp3) is 0.688. The number of hydrogen-bond acceptors (Lipinski definition) is 2. The standard InChI is InChI=1S/C16H25N3/c1-10(2)19-12(4)16(11(3)18-19)17-9-15-8-13-5-6-14(15)7-13/h5-6,10,13-15,17H,7-9H2,1-4H3/t13-,14-,15-/m0/s1. The number of rotatable bonds is 4. The first-order valence-corrected chi connectivity index (χ1v) is 7.54. The first-order chi connectivity index (χ1) is 9.06. The van der Waals surface area contributed by atoms with Crippen molar-refractivity contribution in [3.05, 3.63) is 23.5 Å². The average Bonchev–Trinajstić information content (AvgIpc) is 3.03. The van der Waals surface area contributed by atoms with Crippen LogP contribution in [0.2, 0.25) is 0 Å². The molecule has 1 saturated carbocycles. The zero-order chi connectivity index (χ0) is 13.6. The van der Waals surface area contributed by atoms with Crippen molar-refractivity contribution in [2.45, 2.75) is 46.6 Å². The average molecular weight is 259 g/mol. The number of nitrogens with one attached hydrogen (secondary N) is 1. The smallest absolute Gasteiger partial charge is 0.0828 e. The van der Waals surface area contributed by atoms with E-state index in [0.717, 1.165) is 30.0 Å². The summed E-state index contributed by atoms with van der Waals surface area (Å²) in [5.74, 6) is 2.49. The summed E-state index contributed by atoms with van der Waals surface area (Å²) >= 11 is 0. The molecule has 0 radical (unpaired) electrons. The minimum absolute atomic E-state index is 0.430. The van der Waals surface area contributed by atoms with E-state index in [1.165, 1.54) is 24.2 Å². The third kappa shape index (κ3) is 2.19. The molecule has 1 fully saturated rings. The van der Waals surface area contributed by atoms with Crippen molar-refractivity contribution in [2.24, 2.45) is 17.8 Å². The normalized spacial score (nSPS) is 28.6. The summed E-state index contributed by atoms with van der Waals surface area (Å²) in [5, 5.41) is 8.31. The fourth-order valence-corrected chi connectivity index (χ4v) is 3.78. The third-order valence-corrected chi connectivity index (χ3v) is 4.77. The highest BCUT2D eigenvalue weighted by molar-refractivity contribution is 5.52. The molecule has 0 saturated heterocycles. The van der Waals surface area contributed by atoms with Crippen molar-refractivity contribution in [2.75, 3.05) is 11.9 Å². The van der Waals surface area contributed by atoms with E-state index < -0.39 is 0 Å². The lowest BCUT2D eigenvalue weighted by Crippen LogP contribution is -2.18. The minimum Gasteiger partial charge on any atom is -0.382 e. The van der Waals surface area contributed by atoms with Crippen LogP contribution >= 0.6 is 0 Å². The highest BCUT2D eigenvalue weighted by Crippen LogP contribution is 2.43. The third-order valence-electron chi connectivity index (χ3n) is 4.77. The Morgan fingerprint density at radius 2 is 2.11 bits per heavy atom. The molecule has 0 spiro atoms. The van der Waals surface area contributed by atoms with Crippen LogP contribution in [0, 0.1) is 31.6 Å². The van der Waals surface area contributed by atoms with Crippen LogP contribution in [0.3, 0.4) is 0 Å². The van der Waals surface area contributed by atoms with Crippen molar-refractivity contribution in [3.8, 4) is 0 Å². The number of allylic oxidation sites excluding steroid dienone is 2. The number of aromatic nitrogens is 2. The van der Waals surface area contributed by atoms with Gasteiger partial charge in [0.25, 0.3) is 0 Å². The van der Waals surface area contributed by atoms with E-state index in [1.54, 1.807) is 0 Å². The molecule has 1 aromatic rings. The van der Waals surface area contributed by atoms with Crippen LogP contribution in [0.25, 0.3) is 0 Å². The molecule has 0 aromatic carbocycles. The van der Waals surface area contributed by atoms with Crippen LogP contribution in [0.1, 0.15) is 44.1 Å². The molecular formula is C16H25N3. The second-order valence-electron chi connectivity index (χ2n) is 6.51. The van der Waals surface area contributed by atoms with E-state index >= 15 is 0 Å². The van der Waals surface area contributed by atoms with E-state index in [0.29, 0.717) is 6.04 Å². The molecule has 3 nitrogen and oxygen atoms in total. The van der Waals surface area contributed by atoms with Gasteiger partial charge in [0, 0.05) is 12.6 Å². The number of fused-ring (bicyclic) bond motifs is 2. The van der Waals surface area contributed by atoms with Crippen molar-refractivity contribution in [1.82, 2.24) is 9.78 Å². The van der Waals surface area contributed by atoms with Crippen LogP contribution in [0.4, 0.5) is 5.69 Å². The molecule has 1 aromatic heterocycles. The van der Waals surface area contributed by atoms with Gasteiger partial charge in [-0.05, 0) is 58.3 Å². The van der Waals surface area contributed by atoms with Gasteiger partial charge in [-0.2, -0.15) is 5.10 Å². The number of nitrogens with zero attached hydrogens (tertiary/aromatic N) is 2. The number of aryl methyl sites for hydroxylation is 1. The zero-order valence-electron chi connectivity index (χ0n) is 12.5. The topological polar surface area (TPSA) is 29.9 Å². The maximum absolute atomic E-state index is 4.64. The van der Waals surface area contributed by atoms with E-state index in [9.17, 15) is 0 Å². The molecular weight excluding hydrogens is 234 g/mol. The van der Waals surface area contributed by atoms with Gasteiger partial charge in [-0.3, -0.25) is 4.68 Å². The van der Waals surface area contributed by atoms with Gasteiger partial charge in [-0.15, -0.1) is 0 Å². The van der Waals surface area contributed by atoms with Gasteiger partial charge in [-0.25, -0.2) is 0 Å². The number of hydrogen-bond donors (Lipinski definition) is 1. The molecule has 0 unspecified atom stereocenters. The molecule has 19 heavy (non-hydrogen) atoms. The molecule has 2 aliphatic rings. The van der Waals surface area contributed by atoms with E-state index in [4.69, 9.17) is 0 Å². The predicted octanol–water partition coefficient (Wildman–Crippen LogP) is 3.70. The first-order valence-electron chi connectivity index (χ1n) is 7.54. The Morgan fingerprint density at radius 1 is 1.32 bits per heavy atom. The lowest BCUT2D eigenvalue weighted by Gasteiger charge is -2.19. The monoisotopic (exact) mass is 259 g/mol. The highest BCUT2D eigenvalue weighted by atomic mass is 15.3. The Labute approximate surface area is 116 Å². The Balaban J connectivity index is 1.69. The summed E-state index contributed by atoms with van der Waals surface area (Å²) in [4.78, 5) is 0. The predicted molar refractivity (Wildman–Crippen MR) is 79.4 cm³/mol. The van der Waals surface area contributed by atoms with Crippen LogP contribution in [0.5, 0.6) is 0 Å². The minimum atomic E-state index is 0.430. The van der Waals surface area contributed by atoms with Crippen LogP contribution in [-0.4, -0.2) is 16.3 Å². The van der Waals surface area contributed by atoms with Gasteiger partial charge in [-0.1, -0.05) is 12.2 Å². The van der Waals surface area contributed by atoms with E-state index in [-0.39, 0.29) is 0 Å². The number of anilines is 1. The van der Waals surface area contributed by atoms with Crippen LogP contribution in [0.15, 0.2) is 12.2 Å². The Bertz CT molecular complexity index is 498. The van der Waals surface area contributed by atoms with Crippen molar-refractivity contribution < 1.29 is 0 Å². The van der Waals surface area contributed by atoms with E-state index in [2.05, 4.69) is 54.9 Å². The Morgan fingerprint density at radius 3 is 2.63 bits per heavy atom. The van der Waals surface area contributed by atoms with Crippen molar-refractivity contribution in [1.29, 1.82) is 0 Å². The second-order valence-corrected chi connectivity index (χ2v) is 6.51. The lowest BCUT2D eigenvalue weighted by atomic mass is 9.93. The maximum Gasteiger partial charge on any atom is 0.0828 e. The largest absolute Gasteiger partial charge is 0.382 e. The molecule has 3 heteroatoms. The summed E-state index contributed by atoms with van der Waals surface area (Å²) in [6.45, 7) is 9.74.